The van der Waals surface area contributed by atoms with Gasteiger partial charge in [-0.2, -0.15) is 5.10 Å². The predicted molar refractivity (Wildman–Crippen MR) is 76.6 cm³/mol. The molecule has 0 saturated heterocycles. The van der Waals surface area contributed by atoms with Crippen molar-refractivity contribution in [2.24, 2.45) is 7.05 Å². The normalized spacial score (nSPS) is 10.8. The van der Waals surface area contributed by atoms with Crippen molar-refractivity contribution in [1.29, 1.82) is 0 Å². The lowest BCUT2D eigenvalue weighted by atomic mass is 10.2. The zero-order chi connectivity index (χ0) is 15.1. The maximum atomic E-state index is 12.6. The van der Waals surface area contributed by atoms with Crippen LogP contribution in [0.25, 0.3) is 0 Å². The molecule has 2 N–H and O–H groups in total. The van der Waals surface area contributed by atoms with Crippen LogP contribution in [0.5, 0.6) is 0 Å². The van der Waals surface area contributed by atoms with E-state index >= 15 is 0 Å². The zero-order valence-corrected chi connectivity index (χ0v) is 12.7. The van der Waals surface area contributed by atoms with Gasteiger partial charge in [0.1, 0.15) is 5.69 Å². The number of hydrogen-bond donors (Lipinski definition) is 1. The fourth-order valence-electron chi connectivity index (χ4n) is 1.99. The molecule has 1 aromatic heterocycles. The first-order valence-electron chi connectivity index (χ1n) is 6.59. The van der Waals surface area contributed by atoms with Gasteiger partial charge in [0.2, 0.25) is 0 Å². The molecule has 1 heterocycles. The Morgan fingerprint density at radius 1 is 1.30 bits per heavy atom. The quantitative estimate of drug-likeness (QED) is 0.700. The first-order chi connectivity index (χ1) is 9.52. The second-order valence-electron chi connectivity index (χ2n) is 4.60. The number of nitrogens with zero attached hydrogens (tertiary/aromatic N) is 3. The molecule has 1 rings (SSSR count). The number of anilines is 1. The fraction of sp³-hybridized carbons (Fsp3) is 0.692. The third kappa shape index (κ3) is 3.94. The first-order valence-corrected chi connectivity index (χ1v) is 6.59. The number of carbonyl (C=O) groups excluding carboxylic acids is 1. The van der Waals surface area contributed by atoms with E-state index in [1.807, 2.05) is 0 Å². The summed E-state index contributed by atoms with van der Waals surface area (Å²) in [5.74, 6) is -0.126. The molecule has 0 saturated carbocycles. The number of methoxy groups -OCH3 is 2. The lowest BCUT2D eigenvalue weighted by molar-refractivity contribution is 0.0664. The average molecular weight is 284 g/mol. The second-order valence-corrected chi connectivity index (χ2v) is 4.60. The monoisotopic (exact) mass is 284 g/mol. The summed E-state index contributed by atoms with van der Waals surface area (Å²) in [7, 11) is 4.98. The number of aromatic nitrogens is 2. The summed E-state index contributed by atoms with van der Waals surface area (Å²) in [6, 6.07) is 0. The van der Waals surface area contributed by atoms with Crippen LogP contribution in [0.2, 0.25) is 0 Å². The van der Waals surface area contributed by atoms with Crippen LogP contribution in [-0.2, 0) is 16.5 Å². The van der Waals surface area contributed by atoms with E-state index in [0.717, 1.165) is 6.42 Å². The molecule has 0 radical (unpaired) electrons. The number of aryl methyl sites for hydroxylation is 2. The van der Waals surface area contributed by atoms with Crippen LogP contribution in [0, 0.1) is 6.92 Å². The van der Waals surface area contributed by atoms with Crippen molar-refractivity contribution in [3.63, 3.8) is 0 Å². The van der Waals surface area contributed by atoms with Crippen molar-refractivity contribution < 1.29 is 14.3 Å². The van der Waals surface area contributed by atoms with E-state index in [0.29, 0.717) is 43.4 Å². The number of hydrogen-bond acceptors (Lipinski definition) is 5. The molecule has 0 bridgehead atoms. The summed E-state index contributed by atoms with van der Waals surface area (Å²) < 4.78 is 11.6. The Labute approximate surface area is 119 Å². The van der Waals surface area contributed by atoms with Crippen molar-refractivity contribution in [3.05, 3.63) is 11.4 Å². The summed E-state index contributed by atoms with van der Waals surface area (Å²) in [5.41, 5.74) is 7.47. The highest BCUT2D eigenvalue weighted by Gasteiger charge is 2.23. The van der Waals surface area contributed by atoms with Gasteiger partial charge in [-0.25, -0.2) is 0 Å². The fourth-order valence-corrected chi connectivity index (χ4v) is 1.99. The lowest BCUT2D eigenvalue weighted by Gasteiger charge is -2.22. The van der Waals surface area contributed by atoms with Crippen LogP contribution >= 0.6 is 0 Å². The summed E-state index contributed by atoms with van der Waals surface area (Å²) >= 11 is 0. The third-order valence-corrected chi connectivity index (χ3v) is 3.10. The maximum absolute atomic E-state index is 12.6. The minimum atomic E-state index is -0.126. The summed E-state index contributed by atoms with van der Waals surface area (Å²) in [4.78, 5) is 14.3. The van der Waals surface area contributed by atoms with E-state index in [2.05, 4.69) is 5.10 Å². The summed E-state index contributed by atoms with van der Waals surface area (Å²) in [5, 5.41) is 4.18. The SMILES string of the molecule is COCCCN(CCOC)C(=O)c1c(N)c(C)nn1C. The highest BCUT2D eigenvalue weighted by molar-refractivity contribution is 5.98. The molecule has 20 heavy (non-hydrogen) atoms. The van der Waals surface area contributed by atoms with E-state index in [1.54, 1.807) is 33.1 Å². The molecule has 0 fully saturated rings. The van der Waals surface area contributed by atoms with Gasteiger partial charge in [0.25, 0.3) is 5.91 Å². The Bertz CT molecular complexity index is 445. The topological polar surface area (TPSA) is 82.6 Å². The Balaban J connectivity index is 2.85. The maximum Gasteiger partial charge on any atom is 0.274 e. The van der Waals surface area contributed by atoms with E-state index in [9.17, 15) is 4.79 Å². The van der Waals surface area contributed by atoms with Crippen LogP contribution in [0.15, 0.2) is 0 Å². The molecule has 1 amide bonds. The lowest BCUT2D eigenvalue weighted by Crippen LogP contribution is -2.36. The first kappa shape index (κ1) is 16.5. The number of rotatable bonds is 8. The predicted octanol–water partition coefficient (Wildman–Crippen LogP) is 0.436. The molecule has 0 aliphatic heterocycles. The molecule has 0 atom stereocenters. The van der Waals surface area contributed by atoms with Crippen molar-refractivity contribution in [2.45, 2.75) is 13.3 Å². The summed E-state index contributed by atoms with van der Waals surface area (Å²) in [6.45, 7) is 3.99. The zero-order valence-electron chi connectivity index (χ0n) is 12.7. The number of ether oxygens (including phenoxy) is 2. The Hall–Kier alpha value is -1.60. The second kappa shape index (κ2) is 7.86. The van der Waals surface area contributed by atoms with Crippen LogP contribution < -0.4 is 5.73 Å². The highest BCUT2D eigenvalue weighted by atomic mass is 16.5. The third-order valence-electron chi connectivity index (χ3n) is 3.10. The highest BCUT2D eigenvalue weighted by Crippen LogP contribution is 2.17. The molecule has 114 valence electrons. The van der Waals surface area contributed by atoms with Crippen LogP contribution in [0.1, 0.15) is 22.6 Å². The van der Waals surface area contributed by atoms with Gasteiger partial charge in [0, 0.05) is 41.0 Å². The number of carbonyl (C=O) groups is 1. The van der Waals surface area contributed by atoms with Gasteiger partial charge in [0.15, 0.2) is 0 Å². The molecule has 0 spiro atoms. The van der Waals surface area contributed by atoms with Crippen molar-refractivity contribution in [2.75, 3.05) is 46.3 Å². The van der Waals surface area contributed by atoms with Gasteiger partial charge in [0.05, 0.1) is 18.0 Å². The van der Waals surface area contributed by atoms with Crippen molar-refractivity contribution in [1.82, 2.24) is 14.7 Å². The standard InChI is InChI=1S/C13H24N4O3/c1-10-11(14)12(16(2)15-10)13(18)17(7-9-20-4)6-5-8-19-3/h5-9,14H2,1-4H3. The molecule has 7 heteroatoms. The van der Waals surface area contributed by atoms with Gasteiger partial charge >= 0.3 is 0 Å². The molecule has 1 aromatic rings. The van der Waals surface area contributed by atoms with Gasteiger partial charge in [-0.1, -0.05) is 0 Å². The average Bonchev–Trinajstić information content (AvgIpc) is 2.67. The van der Waals surface area contributed by atoms with Crippen LogP contribution in [0.3, 0.4) is 0 Å². The largest absolute Gasteiger partial charge is 0.395 e. The summed E-state index contributed by atoms with van der Waals surface area (Å²) in [6.07, 6.45) is 0.767. The molecular weight excluding hydrogens is 260 g/mol. The smallest absolute Gasteiger partial charge is 0.274 e. The van der Waals surface area contributed by atoms with Crippen molar-refractivity contribution in [3.8, 4) is 0 Å². The van der Waals surface area contributed by atoms with Crippen LogP contribution in [0.4, 0.5) is 5.69 Å². The minimum absolute atomic E-state index is 0.126. The molecule has 0 unspecified atom stereocenters. The van der Waals surface area contributed by atoms with Crippen LogP contribution in [-0.4, -0.2) is 61.1 Å². The molecular formula is C13H24N4O3. The molecule has 0 aliphatic carbocycles. The van der Waals surface area contributed by atoms with Gasteiger partial charge in [-0.15, -0.1) is 0 Å². The van der Waals surface area contributed by atoms with E-state index in [-0.39, 0.29) is 5.91 Å². The molecule has 0 aromatic carbocycles. The van der Waals surface area contributed by atoms with E-state index in [1.165, 1.54) is 4.68 Å². The number of nitrogen functional groups attached to an aromatic ring is 1. The Morgan fingerprint density at radius 2 is 1.95 bits per heavy atom. The van der Waals surface area contributed by atoms with Gasteiger partial charge in [-0.05, 0) is 13.3 Å². The molecule has 0 aliphatic rings. The minimum Gasteiger partial charge on any atom is -0.395 e. The Kier molecular flexibility index (Phi) is 6.47. The number of amides is 1. The van der Waals surface area contributed by atoms with Gasteiger partial charge < -0.3 is 20.1 Å². The Morgan fingerprint density at radius 3 is 2.45 bits per heavy atom. The van der Waals surface area contributed by atoms with Crippen molar-refractivity contribution >= 4 is 11.6 Å². The van der Waals surface area contributed by atoms with E-state index < -0.39 is 0 Å². The number of nitrogens with two attached hydrogens (primary N) is 1. The van der Waals surface area contributed by atoms with Gasteiger partial charge in [-0.3, -0.25) is 9.48 Å². The molecule has 7 nitrogen and oxygen atoms in total. The van der Waals surface area contributed by atoms with E-state index in [4.69, 9.17) is 15.2 Å².